The molecule has 4 nitrogen and oxygen atoms in total. The monoisotopic (exact) mass is 253 g/mol. The smallest absolute Gasteiger partial charge is 0.151 e. The van der Waals surface area contributed by atoms with Crippen LogP contribution < -0.4 is 4.74 Å². The highest BCUT2D eigenvalue weighted by atomic mass is 35.5. The number of fused-ring (bicyclic) bond motifs is 1. The lowest BCUT2D eigenvalue weighted by Crippen LogP contribution is -2.02. The molecule has 0 aromatic heterocycles. The van der Waals surface area contributed by atoms with Gasteiger partial charge in [0.2, 0.25) is 0 Å². The van der Waals surface area contributed by atoms with Crippen LogP contribution in [0.15, 0.2) is 11.2 Å². The van der Waals surface area contributed by atoms with Crippen molar-refractivity contribution in [3.8, 4) is 5.75 Å². The average molecular weight is 254 g/mol. The average Bonchev–Trinajstić information content (AvgIpc) is 2.51. The Hall–Kier alpha value is -1.42. The fraction of sp³-hybridized carbons (Fsp3) is 0.417. The number of nitrogens with zero attached hydrogens (tertiary/aromatic N) is 1. The lowest BCUT2D eigenvalue weighted by molar-refractivity contribution is -0.118. The molecule has 1 aromatic rings. The molecule has 90 valence electrons. The van der Waals surface area contributed by atoms with E-state index in [0.717, 1.165) is 17.5 Å². The molecule has 0 spiro atoms. The van der Waals surface area contributed by atoms with Gasteiger partial charge in [0.05, 0.1) is 7.11 Å². The Kier molecular flexibility index (Phi) is 3.43. The zero-order valence-electron chi connectivity index (χ0n) is 9.46. The Morgan fingerprint density at radius 2 is 2.12 bits per heavy atom. The van der Waals surface area contributed by atoms with Crippen LogP contribution in [-0.4, -0.2) is 12.9 Å². The van der Waals surface area contributed by atoms with Gasteiger partial charge in [0, 0.05) is 23.4 Å². The number of benzene rings is 1. The van der Waals surface area contributed by atoms with Crippen molar-refractivity contribution in [1.82, 2.24) is 0 Å². The van der Waals surface area contributed by atoms with Gasteiger partial charge < -0.3 is 4.74 Å². The molecule has 0 saturated heterocycles. The summed E-state index contributed by atoms with van der Waals surface area (Å²) in [5, 5.41) is 3.34. The number of carbonyl (C=O) groups excluding carboxylic acids is 1. The Labute approximate surface area is 104 Å². The first kappa shape index (κ1) is 12.0. The van der Waals surface area contributed by atoms with Gasteiger partial charge in [0.1, 0.15) is 5.78 Å². The highest BCUT2D eigenvalue weighted by Gasteiger charge is 2.23. The summed E-state index contributed by atoms with van der Waals surface area (Å²) in [7, 11) is 1.49. The first-order valence-electron chi connectivity index (χ1n) is 5.40. The van der Waals surface area contributed by atoms with Gasteiger partial charge in [-0.1, -0.05) is 11.6 Å². The first-order valence-corrected chi connectivity index (χ1v) is 5.78. The molecule has 0 unspecified atom stereocenters. The van der Waals surface area contributed by atoms with E-state index >= 15 is 0 Å². The van der Waals surface area contributed by atoms with Crippen LogP contribution in [-0.2, 0) is 17.6 Å². The number of hydrogen-bond acceptors (Lipinski definition) is 4. The fourth-order valence-electron chi connectivity index (χ4n) is 2.21. The fourth-order valence-corrected chi connectivity index (χ4v) is 2.49. The number of rotatable bonds is 2. The Morgan fingerprint density at radius 1 is 1.35 bits per heavy atom. The van der Waals surface area contributed by atoms with Crippen molar-refractivity contribution < 1.29 is 9.53 Å². The van der Waals surface area contributed by atoms with E-state index in [1.165, 1.54) is 13.2 Å². The number of methoxy groups -OCH3 is 1. The van der Waals surface area contributed by atoms with Crippen molar-refractivity contribution in [2.24, 2.45) is 5.18 Å². The molecule has 1 aromatic carbocycles. The number of halogens is 1. The largest absolute Gasteiger partial charge is 0.494 e. The number of hydrogen-bond donors (Lipinski definition) is 0. The predicted octanol–water partition coefficient (Wildman–Crippen LogP) is 3.19. The van der Waals surface area contributed by atoms with E-state index in [-0.39, 0.29) is 11.5 Å². The lowest BCUT2D eigenvalue weighted by atomic mass is 10.0. The van der Waals surface area contributed by atoms with Crippen molar-refractivity contribution in [2.45, 2.75) is 25.7 Å². The van der Waals surface area contributed by atoms with Crippen LogP contribution in [0, 0.1) is 4.91 Å². The van der Waals surface area contributed by atoms with Crippen LogP contribution in [0.25, 0.3) is 0 Å². The molecule has 0 fully saturated rings. The van der Waals surface area contributed by atoms with Crippen LogP contribution in [0.3, 0.4) is 0 Å². The van der Waals surface area contributed by atoms with Crippen molar-refractivity contribution in [2.75, 3.05) is 7.11 Å². The molecule has 0 heterocycles. The van der Waals surface area contributed by atoms with Gasteiger partial charge in [-0.15, -0.1) is 4.91 Å². The highest BCUT2D eigenvalue weighted by Crippen LogP contribution is 2.40. The number of carbonyl (C=O) groups is 1. The predicted molar refractivity (Wildman–Crippen MR) is 65.1 cm³/mol. The zero-order valence-corrected chi connectivity index (χ0v) is 10.2. The Bertz CT molecular complexity index is 485. The number of nitroso groups, excluding NO2 is 1. The summed E-state index contributed by atoms with van der Waals surface area (Å²) in [6, 6.07) is 1.46. The van der Waals surface area contributed by atoms with Crippen LogP contribution in [0.2, 0.25) is 5.02 Å². The maximum Gasteiger partial charge on any atom is 0.151 e. The minimum absolute atomic E-state index is 0.166. The van der Waals surface area contributed by atoms with Crippen molar-refractivity contribution in [3.05, 3.63) is 27.1 Å². The molecule has 0 saturated carbocycles. The summed E-state index contributed by atoms with van der Waals surface area (Å²) in [6.45, 7) is 0. The standard InChI is InChI=1S/C12H12ClNO3/c1-17-12-8-4-2-3-7(15)5-9(8)10(13)6-11(12)14-16/h6H,2-5H2,1H3. The third-order valence-electron chi connectivity index (χ3n) is 2.98. The van der Waals surface area contributed by atoms with Crippen molar-refractivity contribution >= 4 is 23.1 Å². The van der Waals surface area contributed by atoms with Crippen LogP contribution >= 0.6 is 11.6 Å². The number of ketones is 1. The van der Waals surface area contributed by atoms with Crippen molar-refractivity contribution in [1.29, 1.82) is 0 Å². The molecule has 0 amide bonds. The maximum absolute atomic E-state index is 11.6. The summed E-state index contributed by atoms with van der Waals surface area (Å²) in [5.74, 6) is 0.619. The molecule has 2 rings (SSSR count). The second kappa shape index (κ2) is 4.84. The van der Waals surface area contributed by atoms with Gasteiger partial charge in [-0.2, -0.15) is 0 Å². The summed E-state index contributed by atoms with van der Waals surface area (Å²) in [4.78, 5) is 22.3. The zero-order chi connectivity index (χ0) is 12.4. The Balaban J connectivity index is 2.64. The maximum atomic E-state index is 11.6. The molecule has 0 atom stereocenters. The second-order valence-corrected chi connectivity index (χ2v) is 4.44. The van der Waals surface area contributed by atoms with Gasteiger partial charge in [-0.3, -0.25) is 4.79 Å². The van der Waals surface area contributed by atoms with Gasteiger partial charge in [-0.05, 0) is 29.6 Å². The molecule has 17 heavy (non-hydrogen) atoms. The number of ether oxygens (including phenoxy) is 1. The summed E-state index contributed by atoms with van der Waals surface area (Å²) in [6.07, 6.45) is 2.29. The van der Waals surface area contributed by atoms with E-state index in [1.54, 1.807) is 0 Å². The molecular formula is C12H12ClNO3. The molecule has 0 bridgehead atoms. The third kappa shape index (κ3) is 2.17. The van der Waals surface area contributed by atoms with E-state index < -0.39 is 0 Å². The Morgan fingerprint density at radius 3 is 2.76 bits per heavy atom. The van der Waals surface area contributed by atoms with E-state index in [9.17, 15) is 9.70 Å². The molecule has 1 aliphatic rings. The van der Waals surface area contributed by atoms with Gasteiger partial charge >= 0.3 is 0 Å². The summed E-state index contributed by atoms with van der Waals surface area (Å²) >= 11 is 6.09. The molecule has 0 radical (unpaired) electrons. The second-order valence-electron chi connectivity index (χ2n) is 4.03. The topological polar surface area (TPSA) is 55.7 Å². The number of Topliss-reactive ketones (excluding diaryl/α,β-unsaturated/α-hetero) is 1. The first-order chi connectivity index (χ1) is 8.17. The van der Waals surface area contributed by atoms with Gasteiger partial charge in [0.25, 0.3) is 0 Å². The van der Waals surface area contributed by atoms with Crippen molar-refractivity contribution in [3.63, 3.8) is 0 Å². The molecule has 1 aliphatic carbocycles. The van der Waals surface area contributed by atoms with Gasteiger partial charge in [-0.25, -0.2) is 0 Å². The van der Waals surface area contributed by atoms with Crippen LogP contribution in [0.1, 0.15) is 24.0 Å². The van der Waals surface area contributed by atoms with E-state index in [4.69, 9.17) is 16.3 Å². The van der Waals surface area contributed by atoms with Crippen LogP contribution in [0.4, 0.5) is 5.69 Å². The highest BCUT2D eigenvalue weighted by molar-refractivity contribution is 6.32. The lowest BCUT2D eigenvalue weighted by Gasteiger charge is -2.13. The molecule has 0 N–H and O–H groups in total. The van der Waals surface area contributed by atoms with Crippen LogP contribution in [0.5, 0.6) is 5.75 Å². The summed E-state index contributed by atoms with van der Waals surface area (Å²) < 4.78 is 5.22. The SMILES string of the molecule is COc1c(N=O)cc(Cl)c2c1CCCC(=O)C2. The van der Waals surface area contributed by atoms with E-state index in [2.05, 4.69) is 5.18 Å². The summed E-state index contributed by atoms with van der Waals surface area (Å²) in [5.41, 5.74) is 1.82. The minimum atomic E-state index is 0.166. The van der Waals surface area contributed by atoms with E-state index in [0.29, 0.717) is 30.0 Å². The normalized spacial score (nSPS) is 15.1. The quantitative estimate of drug-likeness (QED) is 0.601. The molecule has 5 heteroatoms. The minimum Gasteiger partial charge on any atom is -0.494 e. The molecule has 0 aliphatic heterocycles. The molecular weight excluding hydrogens is 242 g/mol. The third-order valence-corrected chi connectivity index (χ3v) is 3.32. The van der Waals surface area contributed by atoms with E-state index in [1.807, 2.05) is 0 Å². The van der Waals surface area contributed by atoms with Gasteiger partial charge in [0.15, 0.2) is 11.4 Å².